The van der Waals surface area contributed by atoms with Gasteiger partial charge >= 0.3 is 0 Å². The molecule has 1 aromatic carbocycles. The molecular weight excluding hydrogens is 202 g/mol. The summed E-state index contributed by atoms with van der Waals surface area (Å²) in [5.74, 6) is 0.811. The molecule has 2 heterocycles. The number of aromatic nitrogens is 2. The highest BCUT2D eigenvalue weighted by Crippen LogP contribution is 2.31. The van der Waals surface area contributed by atoms with Gasteiger partial charge in [0.2, 0.25) is 0 Å². The van der Waals surface area contributed by atoms with E-state index in [-0.39, 0.29) is 11.5 Å². The first-order valence-corrected chi connectivity index (χ1v) is 5.22. The minimum atomic E-state index is -0.0520. The van der Waals surface area contributed by atoms with Crippen molar-refractivity contribution in [1.82, 2.24) is 9.97 Å². The Kier molecular flexibility index (Phi) is 1.99. The molecular formula is C12H11N3O. The van der Waals surface area contributed by atoms with E-state index in [1.807, 2.05) is 30.3 Å². The Morgan fingerprint density at radius 3 is 2.88 bits per heavy atom. The molecule has 4 heteroatoms. The third-order valence-electron chi connectivity index (χ3n) is 2.91. The van der Waals surface area contributed by atoms with Crippen molar-refractivity contribution in [2.75, 3.05) is 11.9 Å². The number of rotatable bonds is 1. The number of H-pyrrole nitrogens is 1. The zero-order chi connectivity index (χ0) is 11.0. The first-order chi connectivity index (χ1) is 7.86. The number of nitrogens with zero attached hydrogens (tertiary/aromatic N) is 1. The quantitative estimate of drug-likeness (QED) is 0.751. The molecule has 3 rings (SSSR count). The highest BCUT2D eigenvalue weighted by atomic mass is 16.1. The van der Waals surface area contributed by atoms with Gasteiger partial charge < -0.3 is 10.3 Å². The van der Waals surface area contributed by atoms with Gasteiger partial charge in [-0.2, -0.15) is 0 Å². The maximum atomic E-state index is 11.8. The van der Waals surface area contributed by atoms with E-state index in [1.54, 1.807) is 0 Å². The number of fused-ring (bicyclic) bond motifs is 1. The molecule has 80 valence electrons. The summed E-state index contributed by atoms with van der Waals surface area (Å²) in [4.78, 5) is 18.5. The first kappa shape index (κ1) is 9.15. The van der Waals surface area contributed by atoms with Gasteiger partial charge in [0.15, 0.2) is 0 Å². The van der Waals surface area contributed by atoms with Crippen LogP contribution in [0.5, 0.6) is 0 Å². The van der Waals surface area contributed by atoms with Crippen molar-refractivity contribution in [3.8, 4) is 0 Å². The van der Waals surface area contributed by atoms with Crippen LogP contribution in [0.15, 0.2) is 41.5 Å². The van der Waals surface area contributed by atoms with Gasteiger partial charge in [-0.1, -0.05) is 30.3 Å². The number of benzene rings is 1. The highest BCUT2D eigenvalue weighted by molar-refractivity contribution is 5.54. The lowest BCUT2D eigenvalue weighted by atomic mass is 9.95. The number of nitrogens with one attached hydrogen (secondary N) is 2. The molecule has 0 fully saturated rings. The maximum absolute atomic E-state index is 11.8. The summed E-state index contributed by atoms with van der Waals surface area (Å²) in [5.41, 5.74) is 1.84. The Balaban J connectivity index is 2.14. The van der Waals surface area contributed by atoms with E-state index in [0.29, 0.717) is 5.82 Å². The van der Waals surface area contributed by atoms with E-state index >= 15 is 0 Å². The van der Waals surface area contributed by atoms with Crippen LogP contribution in [0.2, 0.25) is 0 Å². The average Bonchev–Trinajstić information content (AvgIpc) is 2.75. The topological polar surface area (TPSA) is 57.8 Å². The molecule has 2 aromatic rings. The zero-order valence-electron chi connectivity index (χ0n) is 8.60. The predicted octanol–water partition coefficient (Wildman–Crippen LogP) is 1.33. The second-order valence-corrected chi connectivity index (χ2v) is 3.84. The Hall–Kier alpha value is -2.10. The number of hydrogen-bond donors (Lipinski definition) is 2. The van der Waals surface area contributed by atoms with Crippen molar-refractivity contribution in [1.29, 1.82) is 0 Å². The zero-order valence-corrected chi connectivity index (χ0v) is 8.60. The van der Waals surface area contributed by atoms with E-state index in [0.717, 1.165) is 17.7 Å². The van der Waals surface area contributed by atoms with Crippen LogP contribution in [-0.2, 0) is 0 Å². The second kappa shape index (κ2) is 3.48. The van der Waals surface area contributed by atoms with Crippen LogP contribution < -0.4 is 10.9 Å². The van der Waals surface area contributed by atoms with E-state index < -0.39 is 0 Å². The van der Waals surface area contributed by atoms with Gasteiger partial charge in [-0.05, 0) is 5.56 Å². The molecule has 0 bridgehead atoms. The van der Waals surface area contributed by atoms with Gasteiger partial charge in [-0.3, -0.25) is 4.79 Å². The molecule has 0 spiro atoms. The van der Waals surface area contributed by atoms with E-state index in [4.69, 9.17) is 0 Å². The van der Waals surface area contributed by atoms with Crippen molar-refractivity contribution in [2.24, 2.45) is 0 Å². The van der Waals surface area contributed by atoms with E-state index in [9.17, 15) is 4.79 Å². The Labute approximate surface area is 92.4 Å². The molecule has 16 heavy (non-hydrogen) atoms. The minimum Gasteiger partial charge on any atom is -0.369 e. The fraction of sp³-hybridized carbons (Fsp3) is 0.167. The molecule has 1 aliphatic rings. The summed E-state index contributed by atoms with van der Waals surface area (Å²) in [6.07, 6.45) is 1.43. The standard InChI is InChI=1S/C12H11N3O/c16-12-10-9(8-4-2-1-3-5-8)6-13-11(10)14-7-15-12/h1-5,7,9H,6H2,(H2,13,14,15,16)/t9-/m0/s1. The van der Waals surface area contributed by atoms with Crippen LogP contribution in [0.3, 0.4) is 0 Å². The molecule has 0 saturated heterocycles. The average molecular weight is 213 g/mol. The van der Waals surface area contributed by atoms with Crippen LogP contribution in [0.25, 0.3) is 0 Å². The first-order valence-electron chi connectivity index (χ1n) is 5.22. The number of hydrogen-bond acceptors (Lipinski definition) is 3. The Bertz CT molecular complexity index is 562. The molecule has 0 aliphatic carbocycles. The summed E-state index contributed by atoms with van der Waals surface area (Å²) in [6.45, 7) is 0.736. The minimum absolute atomic E-state index is 0.0520. The molecule has 0 saturated carbocycles. The summed E-state index contributed by atoms with van der Waals surface area (Å²) < 4.78 is 0. The van der Waals surface area contributed by atoms with Crippen LogP contribution in [0.1, 0.15) is 17.0 Å². The molecule has 0 amide bonds. The van der Waals surface area contributed by atoms with Crippen LogP contribution in [-0.4, -0.2) is 16.5 Å². The Morgan fingerprint density at radius 2 is 2.06 bits per heavy atom. The summed E-state index contributed by atoms with van der Waals surface area (Å²) in [5, 5.41) is 3.16. The van der Waals surface area contributed by atoms with Crippen LogP contribution in [0, 0.1) is 0 Å². The van der Waals surface area contributed by atoms with Gasteiger partial charge in [0.25, 0.3) is 5.56 Å². The summed E-state index contributed by atoms with van der Waals surface area (Å²) in [7, 11) is 0. The van der Waals surface area contributed by atoms with Crippen molar-refractivity contribution in [3.05, 3.63) is 58.1 Å². The monoisotopic (exact) mass is 213 g/mol. The molecule has 1 aromatic heterocycles. The predicted molar refractivity (Wildman–Crippen MR) is 61.6 cm³/mol. The summed E-state index contributed by atoms with van der Waals surface area (Å²) in [6, 6.07) is 10.0. The van der Waals surface area contributed by atoms with Crippen LogP contribution >= 0.6 is 0 Å². The van der Waals surface area contributed by atoms with Crippen molar-refractivity contribution in [2.45, 2.75) is 5.92 Å². The second-order valence-electron chi connectivity index (χ2n) is 3.84. The van der Waals surface area contributed by atoms with Gasteiger partial charge in [0.05, 0.1) is 11.9 Å². The molecule has 4 nitrogen and oxygen atoms in total. The van der Waals surface area contributed by atoms with Crippen molar-refractivity contribution in [3.63, 3.8) is 0 Å². The molecule has 1 aliphatic heterocycles. The normalized spacial score (nSPS) is 17.9. The van der Waals surface area contributed by atoms with Crippen molar-refractivity contribution < 1.29 is 0 Å². The SMILES string of the molecule is O=c1[nH]cnc2c1[C@H](c1ccccc1)CN2. The van der Waals surface area contributed by atoms with Crippen LogP contribution in [0.4, 0.5) is 5.82 Å². The van der Waals surface area contributed by atoms with Gasteiger partial charge in [0.1, 0.15) is 5.82 Å². The maximum Gasteiger partial charge on any atom is 0.256 e. The van der Waals surface area contributed by atoms with E-state index in [1.165, 1.54) is 6.33 Å². The number of anilines is 1. The largest absolute Gasteiger partial charge is 0.369 e. The lowest BCUT2D eigenvalue weighted by molar-refractivity contribution is 0.887. The molecule has 0 unspecified atom stereocenters. The van der Waals surface area contributed by atoms with E-state index in [2.05, 4.69) is 15.3 Å². The smallest absolute Gasteiger partial charge is 0.256 e. The fourth-order valence-electron chi connectivity index (χ4n) is 2.15. The third kappa shape index (κ3) is 1.31. The van der Waals surface area contributed by atoms with Gasteiger partial charge in [-0.15, -0.1) is 0 Å². The summed E-state index contributed by atoms with van der Waals surface area (Å²) >= 11 is 0. The third-order valence-corrected chi connectivity index (χ3v) is 2.91. The highest BCUT2D eigenvalue weighted by Gasteiger charge is 2.27. The molecule has 1 atom stereocenters. The van der Waals surface area contributed by atoms with Gasteiger partial charge in [0, 0.05) is 12.5 Å². The van der Waals surface area contributed by atoms with Gasteiger partial charge in [-0.25, -0.2) is 4.98 Å². The lowest BCUT2D eigenvalue weighted by Crippen LogP contribution is -2.15. The Morgan fingerprint density at radius 1 is 1.25 bits per heavy atom. The molecule has 0 radical (unpaired) electrons. The molecule has 2 N–H and O–H groups in total. The van der Waals surface area contributed by atoms with Crippen molar-refractivity contribution >= 4 is 5.82 Å². The fourth-order valence-corrected chi connectivity index (χ4v) is 2.15. The lowest BCUT2D eigenvalue weighted by Gasteiger charge is -2.08. The number of aromatic amines is 1.